The molecular weight excluding hydrogens is 270 g/mol. The van der Waals surface area contributed by atoms with Crippen LogP contribution in [0.25, 0.3) is 0 Å². The van der Waals surface area contributed by atoms with E-state index in [1.54, 1.807) is 22.2 Å². The van der Waals surface area contributed by atoms with Crippen LogP contribution >= 0.6 is 0 Å². The number of urea groups is 1. The minimum Gasteiger partial charge on any atom is -0.481 e. The SMILES string of the molecule is CCN(Cc1ccncc1)C(=O)N1C[C@@H](C)[C@H](C(=O)O)C1. The van der Waals surface area contributed by atoms with E-state index in [1.165, 1.54) is 0 Å². The van der Waals surface area contributed by atoms with Gasteiger partial charge in [0.2, 0.25) is 0 Å². The number of pyridine rings is 1. The van der Waals surface area contributed by atoms with Crippen molar-refractivity contribution in [3.05, 3.63) is 30.1 Å². The molecule has 0 saturated carbocycles. The fraction of sp³-hybridized carbons (Fsp3) is 0.533. The van der Waals surface area contributed by atoms with Crippen molar-refractivity contribution < 1.29 is 14.7 Å². The monoisotopic (exact) mass is 291 g/mol. The van der Waals surface area contributed by atoms with Gasteiger partial charge in [-0.15, -0.1) is 0 Å². The molecule has 1 aromatic heterocycles. The summed E-state index contributed by atoms with van der Waals surface area (Å²) in [6.45, 7) is 5.70. The van der Waals surface area contributed by atoms with E-state index in [4.69, 9.17) is 5.11 Å². The average Bonchev–Trinajstić information content (AvgIpc) is 2.87. The molecule has 2 atom stereocenters. The summed E-state index contributed by atoms with van der Waals surface area (Å²) in [6.07, 6.45) is 3.40. The van der Waals surface area contributed by atoms with E-state index in [1.807, 2.05) is 26.0 Å². The fourth-order valence-electron chi connectivity index (χ4n) is 2.67. The van der Waals surface area contributed by atoms with Gasteiger partial charge < -0.3 is 14.9 Å². The Morgan fingerprint density at radius 2 is 2.05 bits per heavy atom. The van der Waals surface area contributed by atoms with E-state index in [-0.39, 0.29) is 11.9 Å². The Hall–Kier alpha value is -2.11. The van der Waals surface area contributed by atoms with Gasteiger partial charge in [-0.05, 0) is 30.5 Å². The van der Waals surface area contributed by atoms with Gasteiger partial charge in [-0.2, -0.15) is 0 Å². The first-order valence-electron chi connectivity index (χ1n) is 7.18. The van der Waals surface area contributed by atoms with Crippen LogP contribution in [-0.2, 0) is 11.3 Å². The van der Waals surface area contributed by atoms with Crippen LogP contribution < -0.4 is 0 Å². The van der Waals surface area contributed by atoms with E-state index in [9.17, 15) is 9.59 Å². The van der Waals surface area contributed by atoms with Gasteiger partial charge in [-0.25, -0.2) is 4.79 Å². The first-order valence-corrected chi connectivity index (χ1v) is 7.18. The molecule has 2 heterocycles. The molecule has 0 aromatic carbocycles. The molecule has 114 valence electrons. The van der Waals surface area contributed by atoms with Gasteiger partial charge >= 0.3 is 12.0 Å². The number of amides is 2. The van der Waals surface area contributed by atoms with Gasteiger partial charge in [0, 0.05) is 38.6 Å². The molecule has 1 saturated heterocycles. The second-order valence-electron chi connectivity index (χ2n) is 5.48. The predicted octanol–water partition coefficient (Wildman–Crippen LogP) is 1.68. The largest absolute Gasteiger partial charge is 0.481 e. The quantitative estimate of drug-likeness (QED) is 0.916. The number of nitrogens with zero attached hydrogens (tertiary/aromatic N) is 3. The van der Waals surface area contributed by atoms with E-state index in [2.05, 4.69) is 4.98 Å². The first-order chi connectivity index (χ1) is 10.0. The molecule has 6 heteroatoms. The topological polar surface area (TPSA) is 73.7 Å². The highest BCUT2D eigenvalue weighted by Crippen LogP contribution is 2.24. The van der Waals surface area contributed by atoms with Crippen LogP contribution in [0.5, 0.6) is 0 Å². The van der Waals surface area contributed by atoms with Crippen molar-refractivity contribution in [2.24, 2.45) is 11.8 Å². The highest BCUT2D eigenvalue weighted by Gasteiger charge is 2.38. The van der Waals surface area contributed by atoms with Gasteiger partial charge in [0.1, 0.15) is 0 Å². The number of rotatable bonds is 4. The molecule has 0 aliphatic carbocycles. The summed E-state index contributed by atoms with van der Waals surface area (Å²) < 4.78 is 0. The highest BCUT2D eigenvalue weighted by molar-refractivity contribution is 5.77. The first kappa shape index (κ1) is 15.3. The maximum Gasteiger partial charge on any atom is 0.320 e. The molecular formula is C15H21N3O3. The van der Waals surface area contributed by atoms with Crippen LogP contribution in [0.1, 0.15) is 19.4 Å². The van der Waals surface area contributed by atoms with Crippen LogP contribution in [0.15, 0.2) is 24.5 Å². The molecule has 0 radical (unpaired) electrons. The zero-order chi connectivity index (χ0) is 15.4. The molecule has 2 rings (SSSR count). The Balaban J connectivity index is 2.02. The molecule has 0 spiro atoms. The second-order valence-corrected chi connectivity index (χ2v) is 5.48. The van der Waals surface area contributed by atoms with Crippen LogP contribution in [0.2, 0.25) is 0 Å². The lowest BCUT2D eigenvalue weighted by atomic mass is 9.99. The van der Waals surface area contributed by atoms with Gasteiger partial charge in [0.05, 0.1) is 5.92 Å². The molecule has 2 amide bonds. The number of likely N-dealkylation sites (tertiary alicyclic amines) is 1. The fourth-order valence-corrected chi connectivity index (χ4v) is 2.67. The lowest BCUT2D eigenvalue weighted by Crippen LogP contribution is -2.42. The van der Waals surface area contributed by atoms with Crippen LogP contribution in [0.4, 0.5) is 4.79 Å². The Kier molecular flexibility index (Phi) is 4.77. The maximum atomic E-state index is 12.5. The van der Waals surface area contributed by atoms with Crippen molar-refractivity contribution in [3.63, 3.8) is 0 Å². The maximum absolute atomic E-state index is 12.5. The van der Waals surface area contributed by atoms with Crippen LogP contribution in [0.3, 0.4) is 0 Å². The summed E-state index contributed by atoms with van der Waals surface area (Å²) >= 11 is 0. The molecule has 1 aliphatic rings. The average molecular weight is 291 g/mol. The summed E-state index contributed by atoms with van der Waals surface area (Å²) in [5.74, 6) is -1.30. The molecule has 0 unspecified atom stereocenters. The standard InChI is InChI=1S/C15H21N3O3/c1-3-17(9-12-4-6-16-7-5-12)15(21)18-8-11(2)13(10-18)14(19)20/h4-7,11,13H,3,8-10H2,1-2H3,(H,19,20)/t11-,13-/m1/s1. The number of aliphatic carboxylic acids is 1. The minimum atomic E-state index is -0.824. The zero-order valence-corrected chi connectivity index (χ0v) is 12.4. The zero-order valence-electron chi connectivity index (χ0n) is 12.4. The molecule has 1 N–H and O–H groups in total. The molecule has 6 nitrogen and oxygen atoms in total. The molecule has 0 bridgehead atoms. The summed E-state index contributed by atoms with van der Waals surface area (Å²) in [6, 6.07) is 3.66. The minimum absolute atomic E-state index is 0.00826. The third-order valence-corrected chi connectivity index (χ3v) is 3.98. The summed E-state index contributed by atoms with van der Waals surface area (Å²) in [4.78, 5) is 31.0. The van der Waals surface area contributed by atoms with Gasteiger partial charge in [-0.3, -0.25) is 9.78 Å². The molecule has 1 aliphatic heterocycles. The van der Waals surface area contributed by atoms with Crippen molar-refractivity contribution >= 4 is 12.0 Å². The Bertz CT molecular complexity index is 506. The molecule has 1 aromatic rings. The van der Waals surface area contributed by atoms with Crippen molar-refractivity contribution in [1.82, 2.24) is 14.8 Å². The number of hydrogen-bond acceptors (Lipinski definition) is 3. The lowest BCUT2D eigenvalue weighted by Gasteiger charge is -2.27. The number of aromatic nitrogens is 1. The van der Waals surface area contributed by atoms with E-state index < -0.39 is 11.9 Å². The third-order valence-electron chi connectivity index (χ3n) is 3.98. The normalized spacial score (nSPS) is 21.3. The lowest BCUT2D eigenvalue weighted by molar-refractivity contribution is -0.142. The summed E-state index contributed by atoms with van der Waals surface area (Å²) in [7, 11) is 0. The van der Waals surface area contributed by atoms with Crippen molar-refractivity contribution in [1.29, 1.82) is 0 Å². The molecule has 21 heavy (non-hydrogen) atoms. The summed E-state index contributed by atoms with van der Waals surface area (Å²) in [5.41, 5.74) is 1.02. The number of hydrogen-bond donors (Lipinski definition) is 1. The van der Waals surface area contributed by atoms with Gasteiger partial charge in [0.15, 0.2) is 0 Å². The number of carboxylic acids is 1. The van der Waals surface area contributed by atoms with Crippen molar-refractivity contribution in [2.45, 2.75) is 20.4 Å². The van der Waals surface area contributed by atoms with Crippen LogP contribution in [-0.4, -0.2) is 51.5 Å². The number of carbonyl (C=O) groups excluding carboxylic acids is 1. The smallest absolute Gasteiger partial charge is 0.320 e. The van der Waals surface area contributed by atoms with E-state index in [0.717, 1.165) is 5.56 Å². The number of carbonyl (C=O) groups is 2. The van der Waals surface area contributed by atoms with Gasteiger partial charge in [0.25, 0.3) is 0 Å². The third kappa shape index (κ3) is 3.51. The Morgan fingerprint density at radius 1 is 1.38 bits per heavy atom. The number of carboxylic acid groups (broad SMARTS) is 1. The van der Waals surface area contributed by atoms with Crippen molar-refractivity contribution in [2.75, 3.05) is 19.6 Å². The second kappa shape index (κ2) is 6.56. The Labute approximate surface area is 124 Å². The van der Waals surface area contributed by atoms with E-state index >= 15 is 0 Å². The Morgan fingerprint density at radius 3 is 2.57 bits per heavy atom. The highest BCUT2D eigenvalue weighted by atomic mass is 16.4. The predicted molar refractivity (Wildman–Crippen MR) is 77.6 cm³/mol. The van der Waals surface area contributed by atoms with Crippen LogP contribution in [0, 0.1) is 11.8 Å². The van der Waals surface area contributed by atoms with Crippen molar-refractivity contribution in [3.8, 4) is 0 Å². The van der Waals surface area contributed by atoms with E-state index in [0.29, 0.717) is 26.2 Å². The van der Waals surface area contributed by atoms with Gasteiger partial charge in [-0.1, -0.05) is 6.92 Å². The molecule has 1 fully saturated rings. The summed E-state index contributed by atoms with van der Waals surface area (Å²) in [5, 5.41) is 9.16.